The Kier molecular flexibility index (Phi) is 3.62. The van der Waals surface area contributed by atoms with Crippen LogP contribution in [0.2, 0.25) is 0 Å². The van der Waals surface area contributed by atoms with E-state index < -0.39 is 0 Å². The van der Waals surface area contributed by atoms with Gasteiger partial charge in [0.05, 0.1) is 6.61 Å². The molecule has 1 fully saturated rings. The molecule has 0 aromatic heterocycles. The molecule has 0 bridgehead atoms. The fourth-order valence-electron chi connectivity index (χ4n) is 2.81. The standard InChI is InChI=1S/C14H21NO/c1-15-9-5-8-14(11-15,12-16)10-13-6-3-2-4-7-13/h2-4,6-7,16H,5,8-12H2,1H3/t14-/m1/s1. The number of piperidine rings is 1. The van der Waals surface area contributed by atoms with E-state index in [-0.39, 0.29) is 5.41 Å². The minimum atomic E-state index is 0.0777. The maximum Gasteiger partial charge on any atom is 0.0502 e. The molecular weight excluding hydrogens is 198 g/mol. The van der Waals surface area contributed by atoms with Crippen LogP contribution in [0.1, 0.15) is 18.4 Å². The highest BCUT2D eigenvalue weighted by molar-refractivity contribution is 5.17. The largest absolute Gasteiger partial charge is 0.396 e. The first-order valence-electron chi connectivity index (χ1n) is 6.07. The zero-order valence-corrected chi connectivity index (χ0v) is 10.0. The number of likely N-dealkylation sites (tertiary alicyclic amines) is 1. The zero-order chi connectivity index (χ0) is 11.4. The predicted octanol–water partition coefficient (Wildman–Crippen LogP) is 1.93. The minimum Gasteiger partial charge on any atom is -0.396 e. The van der Waals surface area contributed by atoms with Crippen molar-refractivity contribution >= 4 is 0 Å². The molecular formula is C14H21NO. The van der Waals surface area contributed by atoms with Gasteiger partial charge >= 0.3 is 0 Å². The lowest BCUT2D eigenvalue weighted by molar-refractivity contribution is 0.0439. The van der Waals surface area contributed by atoms with Crippen molar-refractivity contribution in [2.75, 3.05) is 26.7 Å². The lowest BCUT2D eigenvalue weighted by Gasteiger charge is -2.40. The maximum atomic E-state index is 9.69. The molecule has 1 heterocycles. The molecule has 16 heavy (non-hydrogen) atoms. The van der Waals surface area contributed by atoms with Gasteiger partial charge in [0, 0.05) is 12.0 Å². The van der Waals surface area contributed by atoms with E-state index >= 15 is 0 Å². The average Bonchev–Trinajstić information content (AvgIpc) is 2.30. The van der Waals surface area contributed by atoms with Gasteiger partial charge in [0.15, 0.2) is 0 Å². The van der Waals surface area contributed by atoms with Crippen LogP contribution in [-0.2, 0) is 6.42 Å². The number of benzene rings is 1. The number of hydrogen-bond donors (Lipinski definition) is 1. The number of rotatable bonds is 3. The maximum absolute atomic E-state index is 9.69. The summed E-state index contributed by atoms with van der Waals surface area (Å²) in [4.78, 5) is 2.34. The van der Waals surface area contributed by atoms with E-state index in [4.69, 9.17) is 0 Å². The summed E-state index contributed by atoms with van der Waals surface area (Å²) in [6.45, 7) is 2.47. The third-order valence-electron chi connectivity index (χ3n) is 3.61. The van der Waals surface area contributed by atoms with E-state index in [2.05, 4.69) is 36.2 Å². The van der Waals surface area contributed by atoms with Crippen molar-refractivity contribution in [1.82, 2.24) is 4.90 Å². The Morgan fingerprint density at radius 1 is 1.31 bits per heavy atom. The Morgan fingerprint density at radius 3 is 2.69 bits per heavy atom. The summed E-state index contributed by atoms with van der Waals surface area (Å²) in [5.74, 6) is 0. The van der Waals surface area contributed by atoms with Gasteiger partial charge in [0.1, 0.15) is 0 Å². The van der Waals surface area contributed by atoms with Crippen molar-refractivity contribution in [3.05, 3.63) is 35.9 Å². The van der Waals surface area contributed by atoms with Crippen molar-refractivity contribution in [2.45, 2.75) is 19.3 Å². The fourth-order valence-corrected chi connectivity index (χ4v) is 2.81. The van der Waals surface area contributed by atoms with E-state index in [1.807, 2.05) is 6.07 Å². The van der Waals surface area contributed by atoms with E-state index in [9.17, 15) is 5.11 Å². The van der Waals surface area contributed by atoms with Crippen molar-refractivity contribution in [3.63, 3.8) is 0 Å². The van der Waals surface area contributed by atoms with Crippen molar-refractivity contribution < 1.29 is 5.11 Å². The molecule has 88 valence electrons. The Bertz CT molecular complexity index is 325. The van der Waals surface area contributed by atoms with Crippen LogP contribution in [0, 0.1) is 5.41 Å². The van der Waals surface area contributed by atoms with Gasteiger partial charge in [-0.05, 0) is 38.4 Å². The second-order valence-corrected chi connectivity index (χ2v) is 5.16. The summed E-state index contributed by atoms with van der Waals surface area (Å²) >= 11 is 0. The predicted molar refractivity (Wildman–Crippen MR) is 66.4 cm³/mol. The van der Waals surface area contributed by atoms with Gasteiger partial charge in [0.2, 0.25) is 0 Å². The Hall–Kier alpha value is -0.860. The molecule has 0 spiro atoms. The van der Waals surface area contributed by atoms with Crippen LogP contribution in [0.3, 0.4) is 0 Å². The first-order valence-corrected chi connectivity index (χ1v) is 6.07. The molecule has 1 N–H and O–H groups in total. The van der Waals surface area contributed by atoms with E-state index in [1.54, 1.807) is 0 Å². The smallest absolute Gasteiger partial charge is 0.0502 e. The van der Waals surface area contributed by atoms with Crippen molar-refractivity contribution in [3.8, 4) is 0 Å². The SMILES string of the molecule is CN1CCC[C@@](CO)(Cc2ccccc2)C1. The van der Waals surface area contributed by atoms with Gasteiger partial charge in [-0.2, -0.15) is 0 Å². The summed E-state index contributed by atoms with van der Waals surface area (Å²) in [5.41, 5.74) is 1.42. The highest BCUT2D eigenvalue weighted by Crippen LogP contribution is 2.32. The van der Waals surface area contributed by atoms with Crippen LogP contribution < -0.4 is 0 Å². The van der Waals surface area contributed by atoms with Gasteiger partial charge in [-0.3, -0.25) is 0 Å². The van der Waals surface area contributed by atoms with Crippen LogP contribution in [-0.4, -0.2) is 36.8 Å². The number of aliphatic hydroxyl groups is 1. The van der Waals surface area contributed by atoms with Gasteiger partial charge in [-0.1, -0.05) is 30.3 Å². The third-order valence-corrected chi connectivity index (χ3v) is 3.61. The van der Waals surface area contributed by atoms with Crippen LogP contribution in [0.25, 0.3) is 0 Å². The monoisotopic (exact) mass is 219 g/mol. The van der Waals surface area contributed by atoms with E-state index in [0.29, 0.717) is 6.61 Å². The van der Waals surface area contributed by atoms with Crippen LogP contribution in [0.5, 0.6) is 0 Å². The highest BCUT2D eigenvalue weighted by atomic mass is 16.3. The highest BCUT2D eigenvalue weighted by Gasteiger charge is 2.33. The molecule has 1 aromatic carbocycles. The van der Waals surface area contributed by atoms with Crippen LogP contribution in [0.15, 0.2) is 30.3 Å². The minimum absolute atomic E-state index is 0.0777. The second-order valence-electron chi connectivity index (χ2n) is 5.16. The summed E-state index contributed by atoms with van der Waals surface area (Å²) in [5, 5.41) is 9.69. The molecule has 1 aromatic rings. The van der Waals surface area contributed by atoms with Gasteiger partial charge in [0.25, 0.3) is 0 Å². The summed E-state index contributed by atoms with van der Waals surface area (Å²) in [6.07, 6.45) is 3.33. The molecule has 1 aliphatic heterocycles. The van der Waals surface area contributed by atoms with Crippen molar-refractivity contribution in [2.24, 2.45) is 5.41 Å². The van der Waals surface area contributed by atoms with E-state index in [1.165, 1.54) is 12.0 Å². The summed E-state index contributed by atoms with van der Waals surface area (Å²) < 4.78 is 0. The van der Waals surface area contributed by atoms with Crippen LogP contribution >= 0.6 is 0 Å². The molecule has 2 heteroatoms. The quantitative estimate of drug-likeness (QED) is 0.839. The average molecular weight is 219 g/mol. The number of hydrogen-bond acceptors (Lipinski definition) is 2. The van der Waals surface area contributed by atoms with E-state index in [0.717, 1.165) is 25.9 Å². The Labute approximate surface area is 97.9 Å². The molecule has 0 amide bonds. The second kappa shape index (κ2) is 4.98. The fraction of sp³-hybridized carbons (Fsp3) is 0.571. The molecule has 1 atom stereocenters. The normalized spacial score (nSPS) is 26.9. The van der Waals surface area contributed by atoms with Gasteiger partial charge in [-0.15, -0.1) is 0 Å². The Balaban J connectivity index is 2.10. The number of aliphatic hydroxyl groups excluding tert-OH is 1. The first kappa shape index (κ1) is 11.6. The molecule has 2 nitrogen and oxygen atoms in total. The molecule has 2 rings (SSSR count). The van der Waals surface area contributed by atoms with Gasteiger partial charge < -0.3 is 10.0 Å². The lowest BCUT2D eigenvalue weighted by Crippen LogP contribution is -2.44. The summed E-state index contributed by atoms with van der Waals surface area (Å²) in [6, 6.07) is 10.5. The molecule has 1 saturated heterocycles. The third kappa shape index (κ3) is 2.63. The molecule has 1 aliphatic rings. The summed E-state index contributed by atoms with van der Waals surface area (Å²) in [7, 11) is 2.15. The lowest BCUT2D eigenvalue weighted by atomic mass is 9.76. The van der Waals surface area contributed by atoms with Gasteiger partial charge in [-0.25, -0.2) is 0 Å². The molecule has 0 unspecified atom stereocenters. The topological polar surface area (TPSA) is 23.5 Å². The molecule has 0 saturated carbocycles. The number of nitrogens with zero attached hydrogens (tertiary/aromatic N) is 1. The Morgan fingerprint density at radius 2 is 2.06 bits per heavy atom. The van der Waals surface area contributed by atoms with Crippen molar-refractivity contribution in [1.29, 1.82) is 0 Å². The molecule has 0 aliphatic carbocycles. The first-order chi connectivity index (χ1) is 7.74. The zero-order valence-electron chi connectivity index (χ0n) is 10.0. The van der Waals surface area contributed by atoms with Crippen LogP contribution in [0.4, 0.5) is 0 Å². The molecule has 0 radical (unpaired) electrons.